The summed E-state index contributed by atoms with van der Waals surface area (Å²) in [5, 5.41) is 7.20. The smallest absolute Gasteiger partial charge is 0.250 e. The first-order chi connectivity index (χ1) is 18.9. The lowest BCUT2D eigenvalue weighted by atomic mass is 10.0. The number of benzene rings is 2. The summed E-state index contributed by atoms with van der Waals surface area (Å²) >= 11 is 12.5. The molecule has 2 aromatic carbocycles. The minimum atomic E-state index is -0.286. The number of hydrogen-bond acceptors (Lipinski definition) is 5. The van der Waals surface area contributed by atoms with Crippen molar-refractivity contribution in [3.63, 3.8) is 0 Å². The van der Waals surface area contributed by atoms with Crippen molar-refractivity contribution in [3.8, 4) is 11.4 Å². The molecule has 0 unspecified atom stereocenters. The van der Waals surface area contributed by atoms with Crippen molar-refractivity contribution >= 4 is 46.2 Å². The number of carbonyl (C=O) groups excluding carboxylic acids is 1. The monoisotopic (exact) mass is 561 g/mol. The highest BCUT2D eigenvalue weighted by atomic mass is 35.5. The van der Waals surface area contributed by atoms with E-state index in [1.54, 1.807) is 25.4 Å². The Morgan fingerprint density at radius 1 is 1.08 bits per heavy atom. The number of thiocarbonyl (C=S) groups is 1. The highest BCUT2D eigenvalue weighted by Gasteiger charge is 2.42. The van der Waals surface area contributed by atoms with Gasteiger partial charge in [0.05, 0.1) is 29.6 Å². The van der Waals surface area contributed by atoms with Gasteiger partial charge in [0.2, 0.25) is 5.91 Å². The van der Waals surface area contributed by atoms with Crippen LogP contribution in [0.3, 0.4) is 0 Å². The molecule has 1 fully saturated rings. The molecule has 39 heavy (non-hydrogen) atoms. The Bertz CT molecular complexity index is 1490. The first kappa shape index (κ1) is 26.7. The fourth-order valence-electron chi connectivity index (χ4n) is 4.88. The van der Waals surface area contributed by atoms with Crippen molar-refractivity contribution in [1.82, 2.24) is 14.9 Å². The number of methoxy groups -OCH3 is 2. The van der Waals surface area contributed by atoms with Crippen LogP contribution in [0.5, 0.6) is 5.75 Å². The van der Waals surface area contributed by atoms with Gasteiger partial charge in [0, 0.05) is 36.1 Å². The number of ether oxygens (including phenoxy) is 2. The summed E-state index contributed by atoms with van der Waals surface area (Å²) in [6, 6.07) is 23.0. The Morgan fingerprint density at radius 3 is 2.51 bits per heavy atom. The lowest BCUT2D eigenvalue weighted by molar-refractivity contribution is -0.119. The van der Waals surface area contributed by atoms with E-state index in [9.17, 15) is 4.79 Å². The molecule has 2 N–H and O–H groups in total. The van der Waals surface area contributed by atoms with E-state index in [4.69, 9.17) is 33.3 Å². The number of anilines is 2. The van der Waals surface area contributed by atoms with Crippen LogP contribution in [0.2, 0.25) is 5.02 Å². The number of amides is 1. The van der Waals surface area contributed by atoms with Gasteiger partial charge in [-0.3, -0.25) is 9.78 Å². The average Bonchev–Trinajstić information content (AvgIpc) is 3.49. The molecule has 4 aromatic rings. The summed E-state index contributed by atoms with van der Waals surface area (Å²) in [4.78, 5) is 18.8. The van der Waals surface area contributed by atoms with Crippen LogP contribution in [-0.4, -0.2) is 41.4 Å². The summed E-state index contributed by atoms with van der Waals surface area (Å²) in [6.45, 7) is 2.01. The Balaban J connectivity index is 1.61. The first-order valence-electron chi connectivity index (χ1n) is 12.3. The van der Waals surface area contributed by atoms with Gasteiger partial charge in [0.25, 0.3) is 0 Å². The minimum Gasteiger partial charge on any atom is -0.497 e. The van der Waals surface area contributed by atoms with Gasteiger partial charge in [-0.25, -0.2) is 0 Å². The molecule has 10 heteroatoms. The molecule has 8 nitrogen and oxygen atoms in total. The number of halogens is 1. The molecule has 0 saturated carbocycles. The van der Waals surface area contributed by atoms with Gasteiger partial charge in [-0.2, -0.15) is 0 Å². The van der Waals surface area contributed by atoms with Crippen molar-refractivity contribution in [2.24, 2.45) is 0 Å². The predicted octanol–water partition coefficient (Wildman–Crippen LogP) is 5.60. The van der Waals surface area contributed by atoms with Crippen LogP contribution in [0.4, 0.5) is 11.4 Å². The number of aromatic nitrogens is 2. The third-order valence-electron chi connectivity index (χ3n) is 6.62. The summed E-state index contributed by atoms with van der Waals surface area (Å²) < 4.78 is 12.5. The largest absolute Gasteiger partial charge is 0.497 e. The van der Waals surface area contributed by atoms with E-state index >= 15 is 0 Å². The highest BCUT2D eigenvalue weighted by molar-refractivity contribution is 7.80. The van der Waals surface area contributed by atoms with Gasteiger partial charge in [0.15, 0.2) is 5.11 Å². The molecule has 1 aliphatic heterocycles. The Labute approximate surface area is 237 Å². The molecule has 0 spiro atoms. The van der Waals surface area contributed by atoms with E-state index in [0.717, 1.165) is 34.2 Å². The number of aryl methyl sites for hydroxylation is 1. The zero-order valence-corrected chi connectivity index (χ0v) is 23.3. The molecule has 200 valence electrons. The van der Waals surface area contributed by atoms with Crippen LogP contribution in [0, 0.1) is 6.92 Å². The zero-order chi connectivity index (χ0) is 27.5. The number of pyridine rings is 1. The van der Waals surface area contributed by atoms with E-state index < -0.39 is 0 Å². The maximum Gasteiger partial charge on any atom is 0.250 e. The summed E-state index contributed by atoms with van der Waals surface area (Å²) in [5.41, 5.74) is 5.24. The molecule has 0 bridgehead atoms. The van der Waals surface area contributed by atoms with Gasteiger partial charge in [-0.1, -0.05) is 17.7 Å². The number of rotatable bonds is 8. The second kappa shape index (κ2) is 11.4. The minimum absolute atomic E-state index is 0.0618. The molecule has 1 aliphatic rings. The van der Waals surface area contributed by atoms with Crippen LogP contribution in [0.15, 0.2) is 79.0 Å². The first-order valence-corrected chi connectivity index (χ1v) is 13.1. The number of carbonyl (C=O) groups is 1. The second-order valence-corrected chi connectivity index (χ2v) is 9.87. The van der Waals surface area contributed by atoms with Gasteiger partial charge >= 0.3 is 0 Å². The van der Waals surface area contributed by atoms with E-state index in [2.05, 4.69) is 44.1 Å². The van der Waals surface area contributed by atoms with Crippen molar-refractivity contribution in [1.29, 1.82) is 0 Å². The van der Waals surface area contributed by atoms with E-state index in [1.165, 1.54) is 7.11 Å². The fraction of sp³-hybridized carbons (Fsp3) is 0.207. The molecule has 0 aliphatic carbocycles. The van der Waals surface area contributed by atoms with Crippen LogP contribution in [0.25, 0.3) is 5.69 Å². The van der Waals surface area contributed by atoms with Crippen molar-refractivity contribution in [2.45, 2.75) is 19.0 Å². The molecule has 1 amide bonds. The summed E-state index contributed by atoms with van der Waals surface area (Å²) in [7, 11) is 3.12. The van der Waals surface area contributed by atoms with Crippen molar-refractivity contribution in [3.05, 3.63) is 101 Å². The number of nitrogens with one attached hydrogen (secondary N) is 2. The average molecular weight is 562 g/mol. The fourth-order valence-corrected chi connectivity index (χ4v) is 5.45. The zero-order valence-electron chi connectivity index (χ0n) is 21.7. The molecular formula is C29H28ClN5O3S. The van der Waals surface area contributed by atoms with Gasteiger partial charge in [0.1, 0.15) is 18.4 Å². The lowest BCUT2D eigenvalue weighted by Gasteiger charge is -2.29. The van der Waals surface area contributed by atoms with E-state index in [1.807, 2.05) is 48.5 Å². The molecular weight excluding hydrogens is 534 g/mol. The molecule has 2 aromatic heterocycles. The van der Waals surface area contributed by atoms with Crippen LogP contribution in [0.1, 0.15) is 29.2 Å². The molecule has 5 rings (SSSR count). The normalized spacial score (nSPS) is 16.7. The topological polar surface area (TPSA) is 80.7 Å². The summed E-state index contributed by atoms with van der Waals surface area (Å²) in [5.74, 6) is 0.500. The lowest BCUT2D eigenvalue weighted by Crippen LogP contribution is -2.30. The number of hydrogen-bond donors (Lipinski definition) is 2. The van der Waals surface area contributed by atoms with Crippen molar-refractivity contribution in [2.75, 3.05) is 31.0 Å². The Hall–Kier alpha value is -3.92. The van der Waals surface area contributed by atoms with Gasteiger partial charge in [-0.05, 0) is 85.9 Å². The van der Waals surface area contributed by atoms with Crippen LogP contribution < -0.4 is 20.3 Å². The van der Waals surface area contributed by atoms with Gasteiger partial charge < -0.3 is 29.6 Å². The van der Waals surface area contributed by atoms with Crippen LogP contribution in [-0.2, 0) is 9.53 Å². The third kappa shape index (κ3) is 5.34. The molecule has 2 atom stereocenters. The molecule has 0 radical (unpaired) electrons. The second-order valence-electron chi connectivity index (χ2n) is 9.07. The quantitative estimate of drug-likeness (QED) is 0.271. The van der Waals surface area contributed by atoms with Crippen LogP contribution >= 0.6 is 23.8 Å². The van der Waals surface area contributed by atoms with E-state index in [0.29, 0.717) is 15.8 Å². The predicted molar refractivity (Wildman–Crippen MR) is 157 cm³/mol. The SMILES string of the molecule is COCC(=O)Nc1ccc(N2C(=S)N[C@@H](c3ccccn3)[C@H]2c2ccc(C)n2-c2ccc(OC)cc2)cc1Cl. The Kier molecular flexibility index (Phi) is 7.83. The maximum atomic E-state index is 12.1. The number of nitrogens with zero attached hydrogens (tertiary/aromatic N) is 3. The summed E-state index contributed by atoms with van der Waals surface area (Å²) in [6.07, 6.45) is 1.78. The third-order valence-corrected chi connectivity index (χ3v) is 7.25. The molecule has 1 saturated heterocycles. The molecule has 3 heterocycles. The standard InChI is InChI=1S/C29H28ClN5O3S/c1-18-7-14-25(34(18)19-8-11-21(38-3)12-9-19)28-27(24-6-4-5-15-31-24)33-29(39)35(28)20-10-13-23(22(30)16-20)32-26(36)17-37-2/h4-16,27-28H,17H2,1-3H3,(H,32,36)(H,33,39)/t27-,28+/m0/s1. The van der Waals surface area contributed by atoms with Gasteiger partial charge in [-0.15, -0.1) is 0 Å². The highest BCUT2D eigenvalue weighted by Crippen LogP contribution is 2.44. The maximum absolute atomic E-state index is 12.1. The van der Waals surface area contributed by atoms with Crippen molar-refractivity contribution < 1.29 is 14.3 Å². The van der Waals surface area contributed by atoms with E-state index in [-0.39, 0.29) is 24.6 Å². The Morgan fingerprint density at radius 2 is 1.85 bits per heavy atom.